The number of alkyl halides is 1. The zero-order valence-corrected chi connectivity index (χ0v) is 9.88. The van der Waals surface area contributed by atoms with Gasteiger partial charge in [0.2, 0.25) is 0 Å². The van der Waals surface area contributed by atoms with Crippen LogP contribution in [0, 0.1) is 0 Å². The number of aliphatic carboxylic acids is 1. The van der Waals surface area contributed by atoms with Crippen molar-refractivity contribution in [3.8, 4) is 5.75 Å². The number of carbonyl (C=O) groups is 1. The van der Waals surface area contributed by atoms with Crippen molar-refractivity contribution in [3.05, 3.63) is 30.3 Å². The zero-order valence-electron chi connectivity index (χ0n) is 9.88. The molecule has 0 amide bonds. The Labute approximate surface area is 104 Å². The lowest BCUT2D eigenvalue weighted by molar-refractivity contribution is -0.129. The van der Waals surface area contributed by atoms with Crippen molar-refractivity contribution in [1.29, 1.82) is 0 Å². The van der Waals surface area contributed by atoms with Crippen LogP contribution < -0.4 is 4.74 Å². The molecule has 0 fully saturated rings. The molecule has 0 saturated carbocycles. The number of benzene rings is 1. The van der Waals surface area contributed by atoms with Gasteiger partial charge in [-0.2, -0.15) is 0 Å². The van der Waals surface area contributed by atoms with Crippen LogP contribution in [0.1, 0.15) is 6.92 Å². The van der Waals surface area contributed by atoms with Crippen molar-refractivity contribution in [2.45, 2.75) is 13.0 Å². The molecule has 1 aromatic carbocycles. The van der Waals surface area contributed by atoms with E-state index in [0.29, 0.717) is 5.75 Å². The first-order chi connectivity index (χ1) is 8.63. The Hall–Kier alpha value is -2.11. The Morgan fingerprint density at radius 3 is 2.67 bits per heavy atom. The fourth-order valence-corrected chi connectivity index (χ4v) is 1.11. The average Bonchev–Trinajstić information content (AvgIpc) is 2.35. The number of hydrogen-bond donors (Lipinski definition) is 1. The number of oxime groups is 1. The quantitative estimate of drug-likeness (QED) is 0.596. The fourth-order valence-electron chi connectivity index (χ4n) is 1.11. The van der Waals surface area contributed by atoms with Crippen molar-refractivity contribution in [2.24, 2.45) is 5.16 Å². The molecule has 6 heteroatoms. The normalized spacial score (nSPS) is 12.9. The van der Waals surface area contributed by atoms with E-state index in [1.807, 2.05) is 18.2 Å². The van der Waals surface area contributed by atoms with E-state index in [9.17, 15) is 9.18 Å². The van der Waals surface area contributed by atoms with Crippen LogP contribution in [-0.2, 0) is 9.63 Å². The molecule has 0 radical (unpaired) electrons. The minimum atomic E-state index is -1.44. The molecule has 5 nitrogen and oxygen atoms in total. The second kappa shape index (κ2) is 7.26. The molecule has 1 unspecified atom stereocenters. The Morgan fingerprint density at radius 1 is 1.44 bits per heavy atom. The summed E-state index contributed by atoms with van der Waals surface area (Å²) in [5, 5.41) is 11.7. The summed E-state index contributed by atoms with van der Waals surface area (Å²) >= 11 is 0. The summed E-state index contributed by atoms with van der Waals surface area (Å²) in [6.07, 6.45) is -0.328. The molecule has 18 heavy (non-hydrogen) atoms. The summed E-state index contributed by atoms with van der Waals surface area (Å²) in [7, 11) is 0. The first-order valence-corrected chi connectivity index (χ1v) is 5.33. The Morgan fingerprint density at radius 2 is 2.11 bits per heavy atom. The molecule has 1 atom stereocenters. The van der Waals surface area contributed by atoms with Crippen LogP contribution in [-0.4, -0.2) is 36.2 Å². The van der Waals surface area contributed by atoms with E-state index in [2.05, 4.69) is 5.16 Å². The third kappa shape index (κ3) is 4.82. The highest BCUT2D eigenvalue weighted by atomic mass is 19.1. The predicted molar refractivity (Wildman–Crippen MR) is 63.5 cm³/mol. The number of nitrogens with zero attached hydrogens (tertiary/aromatic N) is 1. The summed E-state index contributed by atoms with van der Waals surface area (Å²) in [5.74, 6) is -0.768. The molecular formula is C12H14FNO4. The second-order valence-corrected chi connectivity index (χ2v) is 3.51. The molecule has 0 spiro atoms. The van der Waals surface area contributed by atoms with Gasteiger partial charge >= 0.3 is 5.97 Å². The van der Waals surface area contributed by atoms with Gasteiger partial charge in [0.25, 0.3) is 0 Å². The van der Waals surface area contributed by atoms with E-state index >= 15 is 0 Å². The van der Waals surface area contributed by atoms with E-state index in [1.165, 1.54) is 0 Å². The zero-order chi connectivity index (χ0) is 13.4. The highest BCUT2D eigenvalue weighted by Crippen LogP contribution is 2.10. The van der Waals surface area contributed by atoms with Crippen LogP contribution in [0.15, 0.2) is 35.5 Å². The smallest absolute Gasteiger partial charge is 0.356 e. The topological polar surface area (TPSA) is 68.1 Å². The van der Waals surface area contributed by atoms with Gasteiger partial charge in [0.05, 0.1) is 0 Å². The molecule has 98 valence electrons. The van der Waals surface area contributed by atoms with Gasteiger partial charge in [-0.25, -0.2) is 9.18 Å². The van der Waals surface area contributed by atoms with E-state index in [4.69, 9.17) is 14.7 Å². The van der Waals surface area contributed by atoms with E-state index in [-0.39, 0.29) is 12.7 Å². The SMILES string of the molecule is CC(CON=C(CF)C(=O)O)Oc1ccccc1. The second-order valence-electron chi connectivity index (χ2n) is 3.51. The van der Waals surface area contributed by atoms with Gasteiger partial charge in [-0.3, -0.25) is 0 Å². The van der Waals surface area contributed by atoms with E-state index < -0.39 is 18.4 Å². The van der Waals surface area contributed by atoms with Gasteiger partial charge in [0, 0.05) is 0 Å². The molecule has 0 aliphatic heterocycles. The lowest BCUT2D eigenvalue weighted by Gasteiger charge is -2.13. The minimum Gasteiger partial charge on any atom is -0.487 e. The van der Waals surface area contributed by atoms with E-state index in [0.717, 1.165) is 0 Å². The highest BCUT2D eigenvalue weighted by molar-refractivity contribution is 6.36. The molecular weight excluding hydrogens is 241 g/mol. The van der Waals surface area contributed by atoms with Crippen LogP contribution in [0.25, 0.3) is 0 Å². The predicted octanol–water partition coefficient (Wildman–Crippen LogP) is 1.88. The van der Waals surface area contributed by atoms with Crippen molar-refractivity contribution in [2.75, 3.05) is 13.3 Å². The third-order valence-electron chi connectivity index (χ3n) is 1.94. The average molecular weight is 255 g/mol. The van der Waals surface area contributed by atoms with Crippen molar-refractivity contribution < 1.29 is 23.9 Å². The van der Waals surface area contributed by atoms with Crippen molar-refractivity contribution in [3.63, 3.8) is 0 Å². The lowest BCUT2D eigenvalue weighted by atomic mass is 10.3. The highest BCUT2D eigenvalue weighted by Gasteiger charge is 2.10. The van der Waals surface area contributed by atoms with Crippen LogP contribution in [0.3, 0.4) is 0 Å². The third-order valence-corrected chi connectivity index (χ3v) is 1.94. The maximum Gasteiger partial charge on any atom is 0.356 e. The monoisotopic (exact) mass is 255 g/mol. The maximum absolute atomic E-state index is 12.2. The van der Waals surface area contributed by atoms with Crippen LogP contribution >= 0.6 is 0 Å². The number of carboxylic acid groups (broad SMARTS) is 1. The molecule has 0 aliphatic carbocycles. The van der Waals surface area contributed by atoms with Gasteiger partial charge in [-0.15, -0.1) is 0 Å². The van der Waals surface area contributed by atoms with Gasteiger partial charge in [0.15, 0.2) is 12.3 Å². The summed E-state index contributed by atoms with van der Waals surface area (Å²) in [6.45, 7) is 0.591. The van der Waals surface area contributed by atoms with Gasteiger partial charge < -0.3 is 14.7 Å². The number of carboxylic acids is 1. The summed E-state index contributed by atoms with van der Waals surface area (Å²) in [4.78, 5) is 15.1. The summed E-state index contributed by atoms with van der Waals surface area (Å²) < 4.78 is 17.6. The first kappa shape index (κ1) is 14.0. The maximum atomic E-state index is 12.2. The largest absolute Gasteiger partial charge is 0.487 e. The Kier molecular flexibility index (Phi) is 5.63. The molecule has 1 aromatic rings. The number of para-hydroxylation sites is 1. The number of halogens is 1. The molecule has 1 N–H and O–H groups in total. The van der Waals surface area contributed by atoms with Crippen LogP contribution in [0.4, 0.5) is 4.39 Å². The molecule has 0 saturated heterocycles. The van der Waals surface area contributed by atoms with Crippen LogP contribution in [0.2, 0.25) is 0 Å². The molecule has 0 heterocycles. The first-order valence-electron chi connectivity index (χ1n) is 5.33. The Balaban J connectivity index is 2.38. The summed E-state index contributed by atoms with van der Waals surface area (Å²) in [5.41, 5.74) is -0.665. The van der Waals surface area contributed by atoms with Crippen molar-refractivity contribution >= 4 is 11.7 Å². The number of ether oxygens (including phenoxy) is 1. The fraction of sp³-hybridized carbons (Fsp3) is 0.333. The molecule has 0 aromatic heterocycles. The number of rotatable bonds is 7. The summed E-state index contributed by atoms with van der Waals surface area (Å²) in [6, 6.07) is 9.08. The molecule has 0 aliphatic rings. The number of hydrogen-bond acceptors (Lipinski definition) is 4. The van der Waals surface area contributed by atoms with Gasteiger partial charge in [-0.05, 0) is 19.1 Å². The van der Waals surface area contributed by atoms with Crippen molar-refractivity contribution in [1.82, 2.24) is 0 Å². The van der Waals surface area contributed by atoms with E-state index in [1.54, 1.807) is 19.1 Å². The molecule has 1 rings (SSSR count). The van der Waals surface area contributed by atoms with Crippen LogP contribution in [0.5, 0.6) is 5.75 Å². The standard InChI is InChI=1S/C12H14FNO4/c1-9(18-10-5-3-2-4-6-10)8-17-14-11(7-13)12(15)16/h2-6,9H,7-8H2,1H3,(H,15,16). The van der Waals surface area contributed by atoms with Gasteiger partial charge in [-0.1, -0.05) is 23.4 Å². The Bertz CT molecular complexity index is 408. The lowest BCUT2D eigenvalue weighted by Crippen LogP contribution is -2.20. The molecule has 0 bridgehead atoms. The van der Waals surface area contributed by atoms with Gasteiger partial charge in [0.1, 0.15) is 18.5 Å². The minimum absolute atomic E-state index is 0.0334.